The van der Waals surface area contributed by atoms with Gasteiger partial charge in [0.25, 0.3) is 5.91 Å². The summed E-state index contributed by atoms with van der Waals surface area (Å²) in [6.07, 6.45) is 0.772. The number of halogens is 1. The van der Waals surface area contributed by atoms with E-state index in [2.05, 4.69) is 21.2 Å². The number of rotatable bonds is 6. The first-order chi connectivity index (χ1) is 10.2. The molecule has 0 atom stereocenters. The molecule has 2 aromatic rings. The highest BCUT2D eigenvalue weighted by Crippen LogP contribution is 2.19. The lowest BCUT2D eigenvalue weighted by atomic mass is 10.1. The predicted octanol–water partition coefficient (Wildman–Crippen LogP) is 3.96. The summed E-state index contributed by atoms with van der Waals surface area (Å²) in [7, 11) is 0. The zero-order valence-corrected chi connectivity index (χ0v) is 13.5. The molecule has 0 aromatic heterocycles. The van der Waals surface area contributed by atoms with Crippen molar-refractivity contribution in [1.82, 2.24) is 5.32 Å². The molecule has 4 heteroatoms. The molecule has 0 bridgehead atoms. The third-order valence-corrected chi connectivity index (χ3v) is 3.99. The molecule has 0 unspecified atom stereocenters. The molecule has 0 spiro atoms. The summed E-state index contributed by atoms with van der Waals surface area (Å²) in [6, 6.07) is 15.3. The van der Waals surface area contributed by atoms with E-state index < -0.39 is 0 Å². The Bertz CT molecular complexity index is 599. The average Bonchev–Trinajstić information content (AvgIpc) is 2.50. The van der Waals surface area contributed by atoms with E-state index in [1.54, 1.807) is 0 Å². The largest absolute Gasteiger partial charge is 0.494 e. The van der Waals surface area contributed by atoms with E-state index in [0.29, 0.717) is 18.7 Å². The maximum Gasteiger partial charge on any atom is 0.251 e. The van der Waals surface area contributed by atoms with Crippen molar-refractivity contribution >= 4 is 21.8 Å². The third kappa shape index (κ3) is 4.60. The van der Waals surface area contributed by atoms with Gasteiger partial charge in [0.05, 0.1) is 6.61 Å². The Hall–Kier alpha value is -1.81. The molecule has 110 valence electrons. The number of nitrogens with one attached hydrogen (secondary N) is 1. The van der Waals surface area contributed by atoms with Crippen LogP contribution in [0, 0.1) is 6.92 Å². The molecule has 0 aliphatic carbocycles. The van der Waals surface area contributed by atoms with Crippen molar-refractivity contribution in [2.75, 3.05) is 13.2 Å². The van der Waals surface area contributed by atoms with E-state index in [1.165, 1.54) is 0 Å². The summed E-state index contributed by atoms with van der Waals surface area (Å²) in [5.41, 5.74) is 1.66. The first-order valence-corrected chi connectivity index (χ1v) is 7.69. The zero-order chi connectivity index (χ0) is 15.1. The fourth-order valence-electron chi connectivity index (χ4n) is 1.93. The van der Waals surface area contributed by atoms with Crippen LogP contribution in [0.25, 0.3) is 0 Å². The maximum atomic E-state index is 12.1. The number of ether oxygens (including phenoxy) is 1. The fraction of sp³-hybridized carbons (Fsp3) is 0.235. The summed E-state index contributed by atoms with van der Waals surface area (Å²) < 4.78 is 6.52. The van der Waals surface area contributed by atoms with Crippen LogP contribution in [0.15, 0.2) is 53.0 Å². The minimum absolute atomic E-state index is 0.0477. The summed E-state index contributed by atoms with van der Waals surface area (Å²) in [5, 5.41) is 2.91. The molecule has 3 nitrogen and oxygen atoms in total. The number of hydrogen-bond donors (Lipinski definition) is 1. The van der Waals surface area contributed by atoms with Crippen LogP contribution in [0.4, 0.5) is 0 Å². The van der Waals surface area contributed by atoms with Gasteiger partial charge in [0.15, 0.2) is 0 Å². The minimum atomic E-state index is -0.0477. The highest BCUT2D eigenvalue weighted by Gasteiger charge is 2.09. The van der Waals surface area contributed by atoms with E-state index in [0.717, 1.165) is 22.2 Å². The molecule has 1 amide bonds. The lowest BCUT2D eigenvalue weighted by molar-refractivity contribution is 0.0951. The van der Waals surface area contributed by atoms with Crippen LogP contribution >= 0.6 is 15.9 Å². The predicted molar refractivity (Wildman–Crippen MR) is 87.8 cm³/mol. The Morgan fingerprint density at radius 1 is 1.14 bits per heavy atom. The van der Waals surface area contributed by atoms with Crippen molar-refractivity contribution in [1.29, 1.82) is 0 Å². The van der Waals surface area contributed by atoms with Gasteiger partial charge >= 0.3 is 0 Å². The van der Waals surface area contributed by atoms with Gasteiger partial charge in [0, 0.05) is 16.6 Å². The Morgan fingerprint density at radius 2 is 1.90 bits per heavy atom. The molecular weight excluding hydrogens is 330 g/mol. The topological polar surface area (TPSA) is 38.3 Å². The molecule has 21 heavy (non-hydrogen) atoms. The zero-order valence-electron chi connectivity index (χ0n) is 11.9. The number of hydrogen-bond acceptors (Lipinski definition) is 2. The average molecular weight is 348 g/mol. The minimum Gasteiger partial charge on any atom is -0.494 e. The SMILES string of the molecule is Cc1c(Br)cccc1C(=O)NCCCOc1ccccc1. The number of carbonyl (C=O) groups excluding carboxylic acids is 1. The molecule has 0 heterocycles. The summed E-state index contributed by atoms with van der Waals surface area (Å²) in [6.45, 7) is 3.11. The molecular formula is C17H18BrNO2. The molecule has 0 saturated carbocycles. The normalized spacial score (nSPS) is 10.2. The van der Waals surface area contributed by atoms with Gasteiger partial charge in [-0.25, -0.2) is 0 Å². The van der Waals surface area contributed by atoms with Gasteiger partial charge < -0.3 is 10.1 Å². The van der Waals surface area contributed by atoms with E-state index in [-0.39, 0.29) is 5.91 Å². The van der Waals surface area contributed by atoms with Crippen LogP contribution in [0.3, 0.4) is 0 Å². The monoisotopic (exact) mass is 347 g/mol. The quantitative estimate of drug-likeness (QED) is 0.803. The molecule has 0 fully saturated rings. The van der Waals surface area contributed by atoms with Gasteiger partial charge in [-0.05, 0) is 43.2 Å². The van der Waals surface area contributed by atoms with Crippen molar-refractivity contribution in [3.05, 3.63) is 64.1 Å². The second kappa shape index (κ2) is 7.84. The Morgan fingerprint density at radius 3 is 2.67 bits per heavy atom. The van der Waals surface area contributed by atoms with Gasteiger partial charge in [-0.3, -0.25) is 4.79 Å². The molecule has 0 saturated heterocycles. The second-order valence-electron chi connectivity index (χ2n) is 4.68. The van der Waals surface area contributed by atoms with Crippen molar-refractivity contribution in [3.63, 3.8) is 0 Å². The third-order valence-electron chi connectivity index (χ3n) is 3.13. The Labute approximate surface area is 133 Å². The van der Waals surface area contributed by atoms with E-state index in [9.17, 15) is 4.79 Å². The Kier molecular flexibility index (Phi) is 5.81. The van der Waals surface area contributed by atoms with Crippen LogP contribution in [0.5, 0.6) is 5.75 Å². The highest BCUT2D eigenvalue weighted by atomic mass is 79.9. The molecule has 2 rings (SSSR count). The van der Waals surface area contributed by atoms with E-state index in [4.69, 9.17) is 4.74 Å². The number of benzene rings is 2. The van der Waals surface area contributed by atoms with Crippen LogP contribution in [0.1, 0.15) is 22.3 Å². The van der Waals surface area contributed by atoms with Gasteiger partial charge in [-0.2, -0.15) is 0 Å². The summed E-state index contributed by atoms with van der Waals surface area (Å²) in [5.74, 6) is 0.806. The van der Waals surface area contributed by atoms with Crippen molar-refractivity contribution in [2.24, 2.45) is 0 Å². The molecule has 0 aliphatic rings. The maximum absolute atomic E-state index is 12.1. The fourth-order valence-corrected chi connectivity index (χ4v) is 2.30. The smallest absolute Gasteiger partial charge is 0.251 e. The number of carbonyl (C=O) groups is 1. The number of para-hydroxylation sites is 1. The van der Waals surface area contributed by atoms with Gasteiger partial charge in [0.2, 0.25) is 0 Å². The standard InChI is InChI=1S/C17H18BrNO2/c1-13-15(9-5-10-16(13)18)17(20)19-11-6-12-21-14-7-3-2-4-8-14/h2-5,7-10H,6,11-12H2,1H3,(H,19,20). The van der Waals surface area contributed by atoms with E-state index >= 15 is 0 Å². The van der Waals surface area contributed by atoms with Crippen molar-refractivity contribution in [3.8, 4) is 5.75 Å². The first-order valence-electron chi connectivity index (χ1n) is 6.89. The highest BCUT2D eigenvalue weighted by molar-refractivity contribution is 9.10. The second-order valence-corrected chi connectivity index (χ2v) is 5.54. The van der Waals surface area contributed by atoms with Gasteiger partial charge in [-0.1, -0.05) is 40.2 Å². The Balaban J connectivity index is 1.73. The first kappa shape index (κ1) is 15.6. The van der Waals surface area contributed by atoms with Crippen LogP contribution in [-0.2, 0) is 0 Å². The van der Waals surface area contributed by atoms with Crippen molar-refractivity contribution < 1.29 is 9.53 Å². The van der Waals surface area contributed by atoms with Gasteiger partial charge in [-0.15, -0.1) is 0 Å². The lowest BCUT2D eigenvalue weighted by Crippen LogP contribution is -2.26. The van der Waals surface area contributed by atoms with Crippen LogP contribution < -0.4 is 10.1 Å². The van der Waals surface area contributed by atoms with Crippen LogP contribution in [0.2, 0.25) is 0 Å². The van der Waals surface area contributed by atoms with E-state index in [1.807, 2.05) is 55.5 Å². The molecule has 0 aliphatic heterocycles. The molecule has 1 N–H and O–H groups in total. The van der Waals surface area contributed by atoms with Crippen molar-refractivity contribution in [2.45, 2.75) is 13.3 Å². The molecule has 2 aromatic carbocycles. The summed E-state index contributed by atoms with van der Waals surface area (Å²) >= 11 is 3.43. The molecule has 0 radical (unpaired) electrons. The number of amides is 1. The van der Waals surface area contributed by atoms with Crippen LogP contribution in [-0.4, -0.2) is 19.1 Å². The lowest BCUT2D eigenvalue weighted by Gasteiger charge is -2.09. The van der Waals surface area contributed by atoms with Gasteiger partial charge in [0.1, 0.15) is 5.75 Å². The summed E-state index contributed by atoms with van der Waals surface area (Å²) in [4.78, 5) is 12.1.